The number of halogens is 5. The molecule has 13 nitrogen and oxygen atoms in total. The molecule has 0 amide bonds. The predicted octanol–water partition coefficient (Wildman–Crippen LogP) is 4.50. The topological polar surface area (TPSA) is 193 Å². The minimum atomic E-state index is -5.17. The van der Waals surface area contributed by atoms with Crippen LogP contribution in [-0.4, -0.2) is 33.2 Å². The molecule has 0 aliphatic carbocycles. The molecule has 0 unspecified atom stereocenters. The number of primary sulfonamides is 1. The van der Waals surface area contributed by atoms with Gasteiger partial charge in [0.2, 0.25) is 10.0 Å². The molecule has 0 saturated heterocycles. The molecular formula is C19H11Cl2F3N4O9S2. The number of rotatable bonds is 8. The van der Waals surface area contributed by atoms with Crippen molar-refractivity contribution in [3.05, 3.63) is 84.9 Å². The van der Waals surface area contributed by atoms with Crippen molar-refractivity contribution in [1.82, 2.24) is 0 Å². The van der Waals surface area contributed by atoms with E-state index in [0.29, 0.717) is 12.1 Å². The first-order valence-electron chi connectivity index (χ1n) is 9.69. The van der Waals surface area contributed by atoms with Gasteiger partial charge in [0.1, 0.15) is 21.5 Å². The Kier molecular flexibility index (Phi) is 8.00. The van der Waals surface area contributed by atoms with E-state index in [2.05, 4.69) is 4.74 Å². The highest BCUT2D eigenvalue weighted by Gasteiger charge is 2.37. The zero-order chi connectivity index (χ0) is 29.5. The maximum absolute atomic E-state index is 13.1. The first-order valence-corrected chi connectivity index (χ1v) is 13.4. The lowest BCUT2D eigenvalue weighted by Gasteiger charge is -2.16. The molecule has 0 radical (unpaired) electrons. The molecular weight excluding hydrogens is 620 g/mol. The SMILES string of the molecule is NS(=O)(=O)c1cc(Cl)c([N+](=O)[O-])c(Cl)c1-c1ccc(S(=O)(=O)N(c2cccc(OC(F)(F)F)c2)[N+](=O)[O-])cc1. The van der Waals surface area contributed by atoms with Gasteiger partial charge in [0.15, 0.2) is 5.03 Å². The van der Waals surface area contributed by atoms with Crippen molar-refractivity contribution >= 4 is 54.6 Å². The second kappa shape index (κ2) is 10.5. The van der Waals surface area contributed by atoms with Crippen molar-refractivity contribution in [3.63, 3.8) is 0 Å². The molecule has 0 aliphatic heterocycles. The summed E-state index contributed by atoms with van der Waals surface area (Å²) in [5.74, 6) is -0.938. The number of ether oxygens (including phenoxy) is 1. The van der Waals surface area contributed by atoms with Crippen LogP contribution in [0.1, 0.15) is 0 Å². The zero-order valence-corrected chi connectivity index (χ0v) is 21.6. The van der Waals surface area contributed by atoms with Gasteiger partial charge >= 0.3 is 22.1 Å². The van der Waals surface area contributed by atoms with Crippen LogP contribution < -0.4 is 14.3 Å². The summed E-state index contributed by atoms with van der Waals surface area (Å²) in [6, 6.07) is 7.01. The Morgan fingerprint density at radius 3 is 2.03 bits per heavy atom. The van der Waals surface area contributed by atoms with E-state index < -0.39 is 83.3 Å². The molecule has 0 bridgehead atoms. The van der Waals surface area contributed by atoms with Crippen LogP contribution in [0.5, 0.6) is 5.75 Å². The highest BCUT2D eigenvalue weighted by Crippen LogP contribution is 2.44. The fourth-order valence-corrected chi connectivity index (χ4v) is 6.12. The highest BCUT2D eigenvalue weighted by molar-refractivity contribution is 7.92. The Balaban J connectivity index is 2.15. The number of nitro groups is 2. The zero-order valence-electron chi connectivity index (χ0n) is 18.5. The van der Waals surface area contributed by atoms with E-state index in [0.717, 1.165) is 42.5 Å². The van der Waals surface area contributed by atoms with Crippen molar-refractivity contribution in [3.8, 4) is 16.9 Å². The fraction of sp³-hybridized carbons (Fsp3) is 0.0526. The van der Waals surface area contributed by atoms with Crippen LogP contribution in [-0.2, 0) is 20.0 Å². The summed E-state index contributed by atoms with van der Waals surface area (Å²) in [7, 11) is -9.68. The highest BCUT2D eigenvalue weighted by atomic mass is 35.5. The van der Waals surface area contributed by atoms with Gasteiger partial charge in [-0.15, -0.1) is 13.2 Å². The fourth-order valence-electron chi connectivity index (χ4n) is 3.26. The number of sulfonamides is 2. The number of hydrogen-bond donors (Lipinski definition) is 1. The Morgan fingerprint density at radius 2 is 1.54 bits per heavy atom. The van der Waals surface area contributed by atoms with Gasteiger partial charge in [-0.25, -0.2) is 23.7 Å². The molecule has 2 N–H and O–H groups in total. The monoisotopic (exact) mass is 630 g/mol. The number of alkyl halides is 3. The predicted molar refractivity (Wildman–Crippen MR) is 130 cm³/mol. The second-order valence-electron chi connectivity index (χ2n) is 7.25. The van der Waals surface area contributed by atoms with E-state index in [4.69, 9.17) is 28.3 Å². The van der Waals surface area contributed by atoms with E-state index in [1.165, 1.54) is 0 Å². The Hall–Kier alpha value is -3.71. The van der Waals surface area contributed by atoms with Crippen LogP contribution in [0.4, 0.5) is 24.5 Å². The molecule has 208 valence electrons. The molecule has 3 aromatic carbocycles. The number of nitro benzene ring substituents is 1. The van der Waals surface area contributed by atoms with E-state index in [9.17, 15) is 50.2 Å². The van der Waals surface area contributed by atoms with Crippen LogP contribution in [0.2, 0.25) is 10.0 Å². The van der Waals surface area contributed by atoms with Crippen molar-refractivity contribution in [2.75, 3.05) is 4.41 Å². The Morgan fingerprint density at radius 1 is 0.949 bits per heavy atom. The molecule has 20 heteroatoms. The number of nitrogens with two attached hydrogens (primary N) is 1. The lowest BCUT2D eigenvalue weighted by molar-refractivity contribution is -0.474. The molecule has 0 saturated carbocycles. The number of nitrogens with zero attached hydrogens (tertiary/aromatic N) is 3. The van der Waals surface area contributed by atoms with Gasteiger partial charge in [-0.3, -0.25) is 10.1 Å². The van der Waals surface area contributed by atoms with E-state index in [1.54, 1.807) is 0 Å². The average Bonchev–Trinajstić information content (AvgIpc) is 2.76. The third-order valence-corrected chi connectivity index (χ3v) is 7.99. The van der Waals surface area contributed by atoms with Gasteiger partial charge in [0, 0.05) is 16.0 Å². The summed E-state index contributed by atoms with van der Waals surface area (Å²) in [6.45, 7) is 0. The molecule has 0 fully saturated rings. The van der Waals surface area contributed by atoms with Gasteiger partial charge in [-0.2, -0.15) is 8.42 Å². The third-order valence-electron chi connectivity index (χ3n) is 4.74. The largest absolute Gasteiger partial charge is 0.573 e. The molecule has 0 heterocycles. The first kappa shape index (κ1) is 29.8. The van der Waals surface area contributed by atoms with Gasteiger partial charge < -0.3 is 4.74 Å². The van der Waals surface area contributed by atoms with Crippen LogP contribution in [0.3, 0.4) is 0 Å². The van der Waals surface area contributed by atoms with Crippen molar-refractivity contribution < 1.29 is 44.7 Å². The normalized spacial score (nSPS) is 12.2. The molecule has 3 rings (SSSR count). The van der Waals surface area contributed by atoms with Gasteiger partial charge in [0.25, 0.3) is 0 Å². The lowest BCUT2D eigenvalue weighted by Crippen LogP contribution is -2.36. The van der Waals surface area contributed by atoms with Crippen molar-refractivity contribution in [2.24, 2.45) is 5.14 Å². The first-order chi connectivity index (χ1) is 17.8. The maximum atomic E-state index is 13.1. The van der Waals surface area contributed by atoms with Crippen LogP contribution >= 0.6 is 23.2 Å². The van der Waals surface area contributed by atoms with Gasteiger partial charge in [0.05, 0.1) is 14.7 Å². The molecule has 0 aliphatic rings. The summed E-state index contributed by atoms with van der Waals surface area (Å²) in [5, 5.41) is 25.4. The van der Waals surface area contributed by atoms with E-state index in [1.807, 2.05) is 0 Å². The minimum Gasteiger partial charge on any atom is -0.406 e. The minimum absolute atomic E-state index is 0.212. The maximum Gasteiger partial charge on any atom is 0.573 e. The molecule has 0 atom stereocenters. The molecule has 39 heavy (non-hydrogen) atoms. The Bertz CT molecular complexity index is 1700. The number of benzene rings is 3. The van der Waals surface area contributed by atoms with Gasteiger partial charge in [-0.1, -0.05) is 41.4 Å². The summed E-state index contributed by atoms with van der Waals surface area (Å²) < 4.78 is 91.2. The molecule has 0 aromatic heterocycles. The smallest absolute Gasteiger partial charge is 0.406 e. The van der Waals surface area contributed by atoms with E-state index >= 15 is 0 Å². The summed E-state index contributed by atoms with van der Waals surface area (Å²) in [5.41, 5.74) is -2.42. The van der Waals surface area contributed by atoms with Crippen LogP contribution in [0.25, 0.3) is 11.1 Å². The van der Waals surface area contributed by atoms with Crippen molar-refractivity contribution in [2.45, 2.75) is 16.2 Å². The van der Waals surface area contributed by atoms with E-state index in [-0.39, 0.29) is 5.56 Å². The average molecular weight is 631 g/mol. The summed E-state index contributed by atoms with van der Waals surface area (Å²) in [4.78, 5) is 20.5. The van der Waals surface area contributed by atoms with Crippen LogP contribution in [0, 0.1) is 20.2 Å². The second-order valence-corrected chi connectivity index (χ2v) is 11.3. The molecule has 0 spiro atoms. The number of hydrazine groups is 1. The number of anilines is 1. The Labute approximate surface area is 226 Å². The third kappa shape index (κ3) is 6.31. The standard InChI is InChI=1S/C19H11Cl2F3N4O9S2/c20-14-9-15(38(25,33)34)16(17(21)18(14)27(29)30)10-4-6-13(7-5-10)39(35,36)26(28(31)32)11-2-1-3-12(8-11)37-19(22,23)24/h1-9H,(H2,25,33,34). The summed E-state index contributed by atoms with van der Waals surface area (Å²) in [6.07, 6.45) is -5.17. The quantitative estimate of drug-likeness (QED) is 0.275. The molecule has 3 aromatic rings. The lowest BCUT2D eigenvalue weighted by atomic mass is 10.0. The number of hydrogen-bond acceptors (Lipinski definition) is 9. The van der Waals surface area contributed by atoms with Crippen molar-refractivity contribution in [1.29, 1.82) is 0 Å². The van der Waals surface area contributed by atoms with Gasteiger partial charge in [-0.05, 0) is 35.9 Å². The summed E-state index contributed by atoms with van der Waals surface area (Å²) >= 11 is 11.8. The van der Waals surface area contributed by atoms with Crippen LogP contribution in [0.15, 0.2) is 64.4 Å².